The van der Waals surface area contributed by atoms with Gasteiger partial charge in [0.25, 0.3) is 0 Å². The summed E-state index contributed by atoms with van der Waals surface area (Å²) in [7, 11) is 0. The van der Waals surface area contributed by atoms with E-state index in [4.69, 9.17) is 9.47 Å². The molecule has 0 atom stereocenters. The smallest absolute Gasteiger partial charge is 0.344 e. The fraction of sp³-hybridized carbons (Fsp3) is 0.370. The number of nitrogens with zero attached hydrogens (tertiary/aromatic N) is 3. The summed E-state index contributed by atoms with van der Waals surface area (Å²) in [6.07, 6.45) is 2.65. The predicted molar refractivity (Wildman–Crippen MR) is 132 cm³/mol. The van der Waals surface area contributed by atoms with E-state index in [1.165, 1.54) is 5.56 Å². The van der Waals surface area contributed by atoms with Crippen LogP contribution in [0.5, 0.6) is 5.75 Å². The Morgan fingerprint density at radius 3 is 2.42 bits per heavy atom. The van der Waals surface area contributed by atoms with Crippen LogP contribution in [0.2, 0.25) is 0 Å². The predicted octanol–water partition coefficient (Wildman–Crippen LogP) is 5.43. The molecule has 0 radical (unpaired) electrons. The van der Waals surface area contributed by atoms with Crippen molar-refractivity contribution in [3.63, 3.8) is 0 Å². The lowest BCUT2D eigenvalue weighted by Crippen LogP contribution is -2.25. The highest BCUT2D eigenvalue weighted by Gasteiger charge is 2.16. The first-order valence-electron chi connectivity index (χ1n) is 11.4. The first kappa shape index (κ1) is 24.2. The number of rotatable bonds is 10. The highest BCUT2D eigenvalue weighted by Crippen LogP contribution is 2.29. The number of hydrogen-bond acceptors (Lipinski definition) is 6. The number of aromatic nitrogens is 2. The maximum Gasteiger partial charge on any atom is 0.344 e. The molecule has 33 heavy (non-hydrogen) atoms. The molecule has 3 aromatic rings. The molecule has 174 valence electrons. The number of benzene rings is 2. The quantitative estimate of drug-likeness (QED) is 0.386. The maximum atomic E-state index is 11.6. The number of carbonyl (C=O) groups is 1. The van der Waals surface area contributed by atoms with Gasteiger partial charge in [-0.3, -0.25) is 0 Å². The van der Waals surface area contributed by atoms with E-state index in [0.717, 1.165) is 53.3 Å². The summed E-state index contributed by atoms with van der Waals surface area (Å²) in [4.78, 5) is 23.1. The number of hydrogen-bond donors (Lipinski definition) is 0. The van der Waals surface area contributed by atoms with Gasteiger partial charge in [-0.2, -0.15) is 0 Å². The van der Waals surface area contributed by atoms with Gasteiger partial charge >= 0.3 is 5.97 Å². The van der Waals surface area contributed by atoms with Gasteiger partial charge in [-0.05, 0) is 51.3 Å². The first-order valence-corrected chi connectivity index (χ1v) is 11.4. The van der Waals surface area contributed by atoms with Crippen molar-refractivity contribution in [2.24, 2.45) is 0 Å². The summed E-state index contributed by atoms with van der Waals surface area (Å²) in [5.74, 6) is 1.27. The summed E-state index contributed by atoms with van der Waals surface area (Å²) in [5, 5.41) is 0. The van der Waals surface area contributed by atoms with Gasteiger partial charge < -0.3 is 14.4 Å². The largest absolute Gasteiger partial charge is 0.482 e. The van der Waals surface area contributed by atoms with Crippen molar-refractivity contribution in [2.75, 3.05) is 24.7 Å². The van der Waals surface area contributed by atoms with E-state index in [1.54, 1.807) is 13.3 Å². The van der Waals surface area contributed by atoms with Crippen molar-refractivity contribution in [1.29, 1.82) is 0 Å². The zero-order valence-electron chi connectivity index (χ0n) is 20.2. The van der Waals surface area contributed by atoms with Crippen LogP contribution in [0.3, 0.4) is 0 Å². The van der Waals surface area contributed by atoms with Crippen molar-refractivity contribution >= 4 is 11.8 Å². The van der Waals surface area contributed by atoms with Gasteiger partial charge in [0.15, 0.2) is 6.61 Å². The molecule has 2 aromatic carbocycles. The molecular formula is C27H33N3O3. The summed E-state index contributed by atoms with van der Waals surface area (Å²) in [5.41, 5.74) is 6.48. The van der Waals surface area contributed by atoms with Crippen molar-refractivity contribution in [1.82, 2.24) is 9.97 Å². The molecule has 1 heterocycles. The van der Waals surface area contributed by atoms with Crippen LogP contribution >= 0.6 is 0 Å². The first-order chi connectivity index (χ1) is 15.9. The van der Waals surface area contributed by atoms with Crippen LogP contribution in [0.25, 0.3) is 11.3 Å². The summed E-state index contributed by atoms with van der Waals surface area (Å²) >= 11 is 0. The van der Waals surface area contributed by atoms with Crippen LogP contribution < -0.4 is 9.64 Å². The van der Waals surface area contributed by atoms with Gasteiger partial charge in [-0.15, -0.1) is 0 Å². The Kier molecular flexibility index (Phi) is 8.41. The number of ether oxygens (including phenoxy) is 2. The Labute approximate surface area is 196 Å². The molecular weight excluding hydrogens is 414 g/mol. The van der Waals surface area contributed by atoms with Crippen molar-refractivity contribution < 1.29 is 14.3 Å². The minimum Gasteiger partial charge on any atom is -0.482 e. The molecule has 0 unspecified atom stereocenters. The zero-order chi connectivity index (χ0) is 23.8. The molecule has 0 N–H and O–H groups in total. The topological polar surface area (TPSA) is 64.5 Å². The zero-order valence-corrected chi connectivity index (χ0v) is 20.2. The Bertz CT molecular complexity index is 1080. The summed E-state index contributed by atoms with van der Waals surface area (Å²) in [6.45, 7) is 12.0. The molecule has 0 saturated heterocycles. The van der Waals surface area contributed by atoms with Crippen molar-refractivity contribution in [2.45, 2.75) is 47.6 Å². The average Bonchev–Trinajstić information content (AvgIpc) is 2.79. The van der Waals surface area contributed by atoms with Crippen molar-refractivity contribution in [3.05, 3.63) is 71.0 Å². The minimum atomic E-state index is -0.362. The van der Waals surface area contributed by atoms with Crippen LogP contribution in [0.4, 0.5) is 5.82 Å². The fourth-order valence-corrected chi connectivity index (χ4v) is 3.82. The van der Waals surface area contributed by atoms with Gasteiger partial charge in [0, 0.05) is 24.2 Å². The lowest BCUT2D eigenvalue weighted by molar-refractivity contribution is -0.145. The normalized spacial score (nSPS) is 10.7. The van der Waals surface area contributed by atoms with Gasteiger partial charge in [0.1, 0.15) is 17.9 Å². The number of aryl methyl sites for hydroxylation is 2. The summed E-state index contributed by atoms with van der Waals surface area (Å²) < 4.78 is 10.6. The molecule has 1 aromatic heterocycles. The molecule has 0 amide bonds. The second-order valence-corrected chi connectivity index (χ2v) is 8.15. The summed E-state index contributed by atoms with van der Waals surface area (Å²) in [6, 6.07) is 14.5. The van der Waals surface area contributed by atoms with E-state index >= 15 is 0 Å². The van der Waals surface area contributed by atoms with E-state index in [0.29, 0.717) is 12.4 Å². The lowest BCUT2D eigenvalue weighted by atomic mass is 10.0. The van der Waals surface area contributed by atoms with Gasteiger partial charge in [-0.1, -0.05) is 48.9 Å². The van der Waals surface area contributed by atoms with Crippen LogP contribution in [0, 0.1) is 20.8 Å². The highest BCUT2D eigenvalue weighted by molar-refractivity contribution is 5.71. The van der Waals surface area contributed by atoms with Crippen LogP contribution in [-0.2, 0) is 16.1 Å². The standard InChI is InChI=1S/C27H33N3O3/c1-6-14-30(16-22-10-13-24(20(4)15-22)33-17-25(31)32-7-2)27-21(5)26(28-18-29-27)23-11-8-19(3)9-12-23/h8-13,15,18H,6-7,14,16-17H2,1-5H3. The van der Waals surface area contributed by atoms with Crippen LogP contribution in [0.15, 0.2) is 48.8 Å². The second kappa shape index (κ2) is 11.5. The second-order valence-electron chi connectivity index (χ2n) is 8.15. The van der Waals surface area contributed by atoms with Gasteiger partial charge in [-0.25, -0.2) is 14.8 Å². The van der Waals surface area contributed by atoms with Gasteiger partial charge in [0.05, 0.1) is 12.3 Å². The Morgan fingerprint density at radius 2 is 1.76 bits per heavy atom. The Balaban J connectivity index is 1.81. The van der Waals surface area contributed by atoms with Crippen LogP contribution in [0.1, 0.15) is 42.5 Å². The molecule has 0 aliphatic carbocycles. The third-order valence-electron chi connectivity index (χ3n) is 5.44. The van der Waals surface area contributed by atoms with E-state index in [-0.39, 0.29) is 12.6 Å². The van der Waals surface area contributed by atoms with E-state index in [2.05, 4.69) is 66.0 Å². The minimum absolute atomic E-state index is 0.0854. The molecule has 0 bridgehead atoms. The molecule has 0 saturated carbocycles. The highest BCUT2D eigenvalue weighted by atomic mass is 16.6. The molecule has 0 spiro atoms. The van der Waals surface area contributed by atoms with Crippen LogP contribution in [-0.4, -0.2) is 35.7 Å². The third kappa shape index (κ3) is 6.31. The maximum absolute atomic E-state index is 11.6. The van der Waals surface area contributed by atoms with Gasteiger partial charge in [0.2, 0.25) is 0 Å². The SMILES string of the molecule is CCCN(Cc1ccc(OCC(=O)OCC)c(C)c1)c1ncnc(-c2ccc(C)cc2)c1C. The Morgan fingerprint density at radius 1 is 1.00 bits per heavy atom. The van der Waals surface area contributed by atoms with Crippen molar-refractivity contribution in [3.8, 4) is 17.0 Å². The number of esters is 1. The Hall–Kier alpha value is -3.41. The molecule has 6 nitrogen and oxygen atoms in total. The van der Waals surface area contributed by atoms with E-state index in [1.807, 2.05) is 19.1 Å². The average molecular weight is 448 g/mol. The third-order valence-corrected chi connectivity index (χ3v) is 5.44. The fourth-order valence-electron chi connectivity index (χ4n) is 3.82. The molecule has 3 rings (SSSR count). The van der Waals surface area contributed by atoms with E-state index in [9.17, 15) is 4.79 Å². The molecule has 0 aliphatic heterocycles. The lowest BCUT2D eigenvalue weighted by Gasteiger charge is -2.26. The number of carbonyl (C=O) groups excluding carboxylic acids is 1. The molecule has 6 heteroatoms. The van der Waals surface area contributed by atoms with E-state index < -0.39 is 0 Å². The monoisotopic (exact) mass is 447 g/mol. The number of anilines is 1. The molecule has 0 aliphatic rings. The molecule has 0 fully saturated rings.